The average Bonchev–Trinajstić information content (AvgIpc) is 2.80. The fourth-order valence-corrected chi connectivity index (χ4v) is 2.14. The summed E-state index contributed by atoms with van der Waals surface area (Å²) in [7, 11) is 1.63. The maximum absolute atomic E-state index is 12.2. The summed E-state index contributed by atoms with van der Waals surface area (Å²) in [5.74, 6) is 0.660. The number of hydrogen-bond acceptors (Lipinski definition) is 5. The van der Waals surface area contributed by atoms with E-state index in [1.165, 1.54) is 11.0 Å². The lowest BCUT2D eigenvalue weighted by Crippen LogP contribution is -2.31. The minimum Gasteiger partial charge on any atom is -0.361 e. The topological polar surface area (TPSA) is 102 Å². The summed E-state index contributed by atoms with van der Waals surface area (Å²) in [6.45, 7) is 5.57. The van der Waals surface area contributed by atoms with E-state index in [4.69, 9.17) is 4.52 Å². The van der Waals surface area contributed by atoms with Crippen molar-refractivity contribution in [3.8, 4) is 0 Å². The zero-order chi connectivity index (χ0) is 17.1. The third-order valence-electron chi connectivity index (χ3n) is 3.58. The minimum absolute atomic E-state index is 0.0313. The second-order valence-electron chi connectivity index (χ2n) is 5.35. The van der Waals surface area contributed by atoms with Crippen molar-refractivity contribution in [2.75, 3.05) is 12.4 Å². The number of rotatable bonds is 4. The Morgan fingerprint density at radius 3 is 2.65 bits per heavy atom. The van der Waals surface area contributed by atoms with Gasteiger partial charge in [0.05, 0.1) is 17.2 Å². The molecule has 8 nitrogen and oxygen atoms in total. The number of nitro groups is 1. The van der Waals surface area contributed by atoms with E-state index in [2.05, 4.69) is 10.5 Å². The molecule has 1 aromatic heterocycles. The number of benzene rings is 1. The van der Waals surface area contributed by atoms with Crippen LogP contribution in [0.4, 0.5) is 16.2 Å². The standard InChI is InChI=1S/C15H18N4O4/c1-9-5-6-12(7-14(9)19(21)22)16-15(20)18(4)8-13-10(2)17-23-11(13)3/h5-7H,8H2,1-4H3,(H,16,20). The molecule has 8 heteroatoms. The zero-order valence-corrected chi connectivity index (χ0v) is 13.4. The van der Waals surface area contributed by atoms with Crippen molar-refractivity contribution < 1.29 is 14.2 Å². The maximum atomic E-state index is 12.2. The van der Waals surface area contributed by atoms with Crippen molar-refractivity contribution in [2.24, 2.45) is 0 Å². The number of hydrogen-bond donors (Lipinski definition) is 1. The molecule has 0 aliphatic carbocycles. The van der Waals surface area contributed by atoms with E-state index in [0.717, 1.165) is 11.3 Å². The molecule has 1 heterocycles. The summed E-state index contributed by atoms with van der Waals surface area (Å²) in [5.41, 5.74) is 2.46. The monoisotopic (exact) mass is 318 g/mol. The van der Waals surface area contributed by atoms with Crippen LogP contribution >= 0.6 is 0 Å². The van der Waals surface area contributed by atoms with Crippen LogP contribution in [-0.2, 0) is 6.54 Å². The molecule has 122 valence electrons. The van der Waals surface area contributed by atoms with Crippen LogP contribution in [0.25, 0.3) is 0 Å². The fourth-order valence-electron chi connectivity index (χ4n) is 2.14. The van der Waals surface area contributed by atoms with E-state index in [1.54, 1.807) is 40.0 Å². The van der Waals surface area contributed by atoms with Gasteiger partial charge in [0.15, 0.2) is 0 Å². The van der Waals surface area contributed by atoms with Gasteiger partial charge in [0.25, 0.3) is 5.69 Å². The molecule has 0 aliphatic rings. The smallest absolute Gasteiger partial charge is 0.321 e. The van der Waals surface area contributed by atoms with E-state index in [0.29, 0.717) is 23.6 Å². The first kappa shape index (κ1) is 16.5. The second-order valence-corrected chi connectivity index (χ2v) is 5.35. The third kappa shape index (κ3) is 3.65. The van der Waals surface area contributed by atoms with Crippen LogP contribution in [0, 0.1) is 30.9 Å². The quantitative estimate of drug-likeness (QED) is 0.689. The molecule has 2 amide bonds. The predicted molar refractivity (Wildman–Crippen MR) is 84.3 cm³/mol. The van der Waals surface area contributed by atoms with Crippen molar-refractivity contribution in [1.82, 2.24) is 10.1 Å². The lowest BCUT2D eigenvalue weighted by molar-refractivity contribution is -0.385. The number of nitrogens with zero attached hydrogens (tertiary/aromatic N) is 3. The van der Waals surface area contributed by atoms with Gasteiger partial charge in [0.1, 0.15) is 5.76 Å². The lowest BCUT2D eigenvalue weighted by Gasteiger charge is -2.18. The highest BCUT2D eigenvalue weighted by Gasteiger charge is 2.17. The van der Waals surface area contributed by atoms with E-state index in [9.17, 15) is 14.9 Å². The lowest BCUT2D eigenvalue weighted by atomic mass is 10.2. The number of carbonyl (C=O) groups excluding carboxylic acids is 1. The predicted octanol–water partition coefficient (Wildman–Crippen LogP) is 3.17. The Labute approximate surface area is 133 Å². The van der Waals surface area contributed by atoms with Gasteiger partial charge in [0.2, 0.25) is 0 Å². The SMILES string of the molecule is Cc1ccc(NC(=O)N(C)Cc2c(C)noc2C)cc1[N+](=O)[O-]. The molecule has 2 aromatic rings. The largest absolute Gasteiger partial charge is 0.361 e. The van der Waals surface area contributed by atoms with Gasteiger partial charge in [-0.25, -0.2) is 4.79 Å². The molecule has 0 bridgehead atoms. The normalized spacial score (nSPS) is 10.4. The van der Waals surface area contributed by atoms with Crippen molar-refractivity contribution in [1.29, 1.82) is 0 Å². The van der Waals surface area contributed by atoms with Gasteiger partial charge in [0, 0.05) is 29.9 Å². The second kappa shape index (κ2) is 6.47. The van der Waals surface area contributed by atoms with Crippen LogP contribution in [0.5, 0.6) is 0 Å². The Kier molecular flexibility index (Phi) is 4.63. The number of nitro benzene ring substituents is 1. The molecule has 0 unspecified atom stereocenters. The fraction of sp³-hybridized carbons (Fsp3) is 0.333. The van der Waals surface area contributed by atoms with Gasteiger partial charge in [-0.15, -0.1) is 0 Å². The zero-order valence-electron chi connectivity index (χ0n) is 13.4. The van der Waals surface area contributed by atoms with Crippen molar-refractivity contribution in [3.05, 3.63) is 50.9 Å². The molecule has 0 spiro atoms. The van der Waals surface area contributed by atoms with Crippen LogP contribution in [0.2, 0.25) is 0 Å². The van der Waals surface area contributed by atoms with Crippen LogP contribution in [0.1, 0.15) is 22.6 Å². The Balaban J connectivity index is 2.10. The third-order valence-corrected chi connectivity index (χ3v) is 3.58. The van der Waals surface area contributed by atoms with Crippen LogP contribution in [-0.4, -0.2) is 28.1 Å². The van der Waals surface area contributed by atoms with Crippen LogP contribution in [0.15, 0.2) is 22.7 Å². The number of anilines is 1. The summed E-state index contributed by atoms with van der Waals surface area (Å²) in [4.78, 5) is 24.1. The van der Waals surface area contributed by atoms with E-state index in [-0.39, 0.29) is 11.7 Å². The number of nitrogens with one attached hydrogen (secondary N) is 1. The molecular weight excluding hydrogens is 300 g/mol. The van der Waals surface area contributed by atoms with Crippen molar-refractivity contribution in [3.63, 3.8) is 0 Å². The van der Waals surface area contributed by atoms with Crippen LogP contribution < -0.4 is 5.32 Å². The number of carbonyl (C=O) groups is 1. The molecule has 0 atom stereocenters. The van der Waals surface area contributed by atoms with Crippen molar-refractivity contribution in [2.45, 2.75) is 27.3 Å². The Morgan fingerprint density at radius 1 is 1.39 bits per heavy atom. The van der Waals surface area contributed by atoms with E-state index < -0.39 is 4.92 Å². The van der Waals surface area contributed by atoms with Gasteiger partial charge < -0.3 is 14.7 Å². The highest BCUT2D eigenvalue weighted by molar-refractivity contribution is 5.89. The van der Waals surface area contributed by atoms with Gasteiger partial charge in [-0.1, -0.05) is 11.2 Å². The summed E-state index contributed by atoms with van der Waals surface area (Å²) >= 11 is 0. The van der Waals surface area contributed by atoms with E-state index in [1.807, 2.05) is 0 Å². The molecule has 23 heavy (non-hydrogen) atoms. The number of amides is 2. The molecule has 0 fully saturated rings. The highest BCUT2D eigenvalue weighted by Crippen LogP contribution is 2.22. The molecule has 0 aliphatic heterocycles. The minimum atomic E-state index is -0.474. The Morgan fingerprint density at radius 2 is 2.09 bits per heavy atom. The average molecular weight is 318 g/mol. The highest BCUT2D eigenvalue weighted by atomic mass is 16.6. The van der Waals surface area contributed by atoms with Gasteiger partial charge in [-0.3, -0.25) is 10.1 Å². The number of urea groups is 1. The number of aromatic nitrogens is 1. The van der Waals surface area contributed by atoms with Gasteiger partial charge >= 0.3 is 6.03 Å². The molecule has 0 saturated heterocycles. The maximum Gasteiger partial charge on any atom is 0.321 e. The molecule has 1 aromatic carbocycles. The molecule has 0 radical (unpaired) electrons. The summed E-state index contributed by atoms with van der Waals surface area (Å²) in [6.07, 6.45) is 0. The van der Waals surface area contributed by atoms with Crippen molar-refractivity contribution >= 4 is 17.4 Å². The summed E-state index contributed by atoms with van der Waals surface area (Å²) < 4.78 is 5.07. The van der Waals surface area contributed by atoms with Gasteiger partial charge in [-0.05, 0) is 26.8 Å². The Hall–Kier alpha value is -2.90. The van der Waals surface area contributed by atoms with Gasteiger partial charge in [-0.2, -0.15) is 0 Å². The summed E-state index contributed by atoms with van der Waals surface area (Å²) in [5, 5.41) is 17.4. The molecule has 2 rings (SSSR count). The first-order valence-electron chi connectivity index (χ1n) is 6.98. The number of aryl methyl sites for hydroxylation is 3. The van der Waals surface area contributed by atoms with Crippen LogP contribution in [0.3, 0.4) is 0 Å². The first-order valence-corrected chi connectivity index (χ1v) is 6.98. The molecular formula is C15H18N4O4. The molecule has 0 saturated carbocycles. The molecule has 1 N–H and O–H groups in total. The Bertz CT molecular complexity index is 734. The summed E-state index contributed by atoms with van der Waals surface area (Å²) in [6, 6.07) is 4.20. The van der Waals surface area contributed by atoms with E-state index >= 15 is 0 Å². The first-order chi connectivity index (χ1) is 10.8.